The summed E-state index contributed by atoms with van der Waals surface area (Å²) in [4.78, 5) is 2.64. The van der Waals surface area contributed by atoms with E-state index in [0.717, 1.165) is 25.9 Å². The molecule has 1 fully saturated rings. The van der Waals surface area contributed by atoms with E-state index in [2.05, 4.69) is 29.2 Å². The van der Waals surface area contributed by atoms with Crippen molar-refractivity contribution in [3.05, 3.63) is 35.4 Å². The largest absolute Gasteiger partial charge is 0.396 e. The fourth-order valence-electron chi connectivity index (χ4n) is 3.55. The van der Waals surface area contributed by atoms with Gasteiger partial charge in [-0.1, -0.05) is 24.3 Å². The Morgan fingerprint density at radius 2 is 1.89 bits per heavy atom. The number of benzene rings is 1. The Labute approximate surface area is 110 Å². The molecule has 1 aliphatic carbocycles. The fourth-order valence-corrected chi connectivity index (χ4v) is 3.55. The minimum Gasteiger partial charge on any atom is -0.396 e. The number of piperidine rings is 1. The van der Waals surface area contributed by atoms with Crippen LogP contribution in [0.2, 0.25) is 0 Å². The fraction of sp³-hybridized carbons (Fsp3) is 0.625. The standard InChI is InChI=1S/C16H23NO/c18-12-13-8-10-17(11-9-13)16-7-3-5-14-4-1-2-6-15(14)16/h1-2,4,6,13,16,18H,3,5,7-12H2. The molecule has 3 rings (SSSR count). The second-order valence-corrected chi connectivity index (χ2v) is 5.77. The van der Waals surface area contributed by atoms with Gasteiger partial charge < -0.3 is 5.11 Å². The summed E-state index contributed by atoms with van der Waals surface area (Å²) in [5.74, 6) is 0.542. The summed E-state index contributed by atoms with van der Waals surface area (Å²) in [6.45, 7) is 2.68. The minimum absolute atomic E-state index is 0.370. The lowest BCUT2D eigenvalue weighted by Crippen LogP contribution is -2.38. The van der Waals surface area contributed by atoms with Crippen molar-refractivity contribution >= 4 is 0 Å². The molecular weight excluding hydrogens is 222 g/mol. The molecular formula is C16H23NO. The molecule has 0 radical (unpaired) electrons. The first-order valence-corrected chi connectivity index (χ1v) is 7.31. The molecule has 98 valence electrons. The monoisotopic (exact) mass is 245 g/mol. The molecule has 18 heavy (non-hydrogen) atoms. The van der Waals surface area contributed by atoms with E-state index in [1.807, 2.05) is 0 Å². The van der Waals surface area contributed by atoms with Crippen LogP contribution in [0.1, 0.15) is 42.9 Å². The number of aryl methyl sites for hydroxylation is 1. The normalized spacial score (nSPS) is 25.9. The number of fused-ring (bicyclic) bond motifs is 1. The number of nitrogens with zero attached hydrogens (tertiary/aromatic N) is 1. The van der Waals surface area contributed by atoms with Gasteiger partial charge in [0.1, 0.15) is 0 Å². The second kappa shape index (κ2) is 5.41. The topological polar surface area (TPSA) is 23.5 Å². The van der Waals surface area contributed by atoms with Crippen molar-refractivity contribution in [2.75, 3.05) is 19.7 Å². The van der Waals surface area contributed by atoms with E-state index in [-0.39, 0.29) is 0 Å². The van der Waals surface area contributed by atoms with Crippen LogP contribution in [0.4, 0.5) is 0 Å². The first kappa shape index (κ1) is 12.2. The molecule has 0 saturated carbocycles. The van der Waals surface area contributed by atoms with E-state index >= 15 is 0 Å². The number of hydrogen-bond acceptors (Lipinski definition) is 2. The number of hydrogen-bond donors (Lipinski definition) is 1. The predicted octanol–water partition coefficient (Wildman–Crippen LogP) is 2.77. The van der Waals surface area contributed by atoms with Crippen LogP contribution in [0.25, 0.3) is 0 Å². The van der Waals surface area contributed by atoms with Crippen LogP contribution >= 0.6 is 0 Å². The van der Waals surface area contributed by atoms with Crippen LogP contribution in [-0.2, 0) is 6.42 Å². The summed E-state index contributed by atoms with van der Waals surface area (Å²) in [5, 5.41) is 9.23. The average Bonchev–Trinajstić information content (AvgIpc) is 2.47. The van der Waals surface area contributed by atoms with Crippen molar-refractivity contribution in [3.8, 4) is 0 Å². The molecule has 0 aromatic heterocycles. The highest BCUT2D eigenvalue weighted by atomic mass is 16.3. The molecule has 1 unspecified atom stereocenters. The maximum absolute atomic E-state index is 9.23. The Bertz CT molecular complexity index is 396. The zero-order chi connectivity index (χ0) is 12.4. The molecule has 1 saturated heterocycles. The Kier molecular flexibility index (Phi) is 3.67. The van der Waals surface area contributed by atoms with Gasteiger partial charge in [0.05, 0.1) is 0 Å². The SMILES string of the molecule is OCC1CCN(C2CCCc3ccccc32)CC1. The minimum atomic E-state index is 0.370. The van der Waals surface area contributed by atoms with Gasteiger partial charge in [-0.25, -0.2) is 0 Å². The zero-order valence-corrected chi connectivity index (χ0v) is 11.0. The highest BCUT2D eigenvalue weighted by Crippen LogP contribution is 2.36. The molecule has 0 spiro atoms. The van der Waals surface area contributed by atoms with E-state index in [4.69, 9.17) is 0 Å². The van der Waals surface area contributed by atoms with E-state index in [1.165, 1.54) is 19.3 Å². The predicted molar refractivity (Wildman–Crippen MR) is 73.5 cm³/mol. The summed E-state index contributed by atoms with van der Waals surface area (Å²) in [5.41, 5.74) is 3.12. The quantitative estimate of drug-likeness (QED) is 0.866. The molecule has 1 aliphatic heterocycles. The van der Waals surface area contributed by atoms with Crippen molar-refractivity contribution in [1.29, 1.82) is 0 Å². The molecule has 1 heterocycles. The Morgan fingerprint density at radius 3 is 2.67 bits per heavy atom. The maximum Gasteiger partial charge on any atom is 0.0460 e. The van der Waals surface area contributed by atoms with Crippen LogP contribution in [0.5, 0.6) is 0 Å². The summed E-state index contributed by atoms with van der Waals surface area (Å²) in [6, 6.07) is 9.59. The van der Waals surface area contributed by atoms with Gasteiger partial charge >= 0.3 is 0 Å². The summed E-state index contributed by atoms with van der Waals surface area (Å²) in [7, 11) is 0. The van der Waals surface area contributed by atoms with E-state index in [0.29, 0.717) is 18.6 Å². The van der Waals surface area contributed by atoms with Gasteiger partial charge in [-0.05, 0) is 62.2 Å². The third-order valence-electron chi connectivity index (χ3n) is 4.69. The molecule has 0 bridgehead atoms. The van der Waals surface area contributed by atoms with Crippen LogP contribution < -0.4 is 0 Å². The first-order valence-electron chi connectivity index (χ1n) is 7.31. The number of rotatable bonds is 2. The van der Waals surface area contributed by atoms with Crippen LogP contribution in [0, 0.1) is 5.92 Å². The molecule has 1 atom stereocenters. The molecule has 0 amide bonds. The number of aliphatic hydroxyl groups is 1. The van der Waals surface area contributed by atoms with Gasteiger partial charge in [-0.15, -0.1) is 0 Å². The van der Waals surface area contributed by atoms with Gasteiger partial charge in [0.15, 0.2) is 0 Å². The second-order valence-electron chi connectivity index (χ2n) is 5.77. The highest BCUT2D eigenvalue weighted by Gasteiger charge is 2.28. The van der Waals surface area contributed by atoms with E-state index in [1.54, 1.807) is 11.1 Å². The molecule has 1 N–H and O–H groups in total. The summed E-state index contributed by atoms with van der Waals surface area (Å²) in [6.07, 6.45) is 6.20. The molecule has 2 nitrogen and oxygen atoms in total. The number of aliphatic hydroxyl groups excluding tert-OH is 1. The maximum atomic E-state index is 9.23. The van der Waals surface area contributed by atoms with Crippen molar-refractivity contribution in [1.82, 2.24) is 4.90 Å². The molecule has 1 aromatic rings. The van der Waals surface area contributed by atoms with Gasteiger partial charge in [0.25, 0.3) is 0 Å². The lowest BCUT2D eigenvalue weighted by molar-refractivity contribution is 0.0927. The molecule has 1 aromatic carbocycles. The highest BCUT2D eigenvalue weighted by molar-refractivity contribution is 5.32. The van der Waals surface area contributed by atoms with Gasteiger partial charge in [0.2, 0.25) is 0 Å². The zero-order valence-electron chi connectivity index (χ0n) is 11.0. The smallest absolute Gasteiger partial charge is 0.0460 e. The summed E-state index contributed by atoms with van der Waals surface area (Å²) < 4.78 is 0. The van der Waals surface area contributed by atoms with Crippen LogP contribution in [0.15, 0.2) is 24.3 Å². The van der Waals surface area contributed by atoms with Crippen molar-refractivity contribution in [2.45, 2.75) is 38.1 Å². The van der Waals surface area contributed by atoms with Crippen molar-refractivity contribution < 1.29 is 5.11 Å². The van der Waals surface area contributed by atoms with Crippen LogP contribution in [-0.4, -0.2) is 29.7 Å². The Morgan fingerprint density at radius 1 is 1.11 bits per heavy atom. The van der Waals surface area contributed by atoms with E-state index < -0.39 is 0 Å². The lowest BCUT2D eigenvalue weighted by atomic mass is 9.85. The Balaban J connectivity index is 1.74. The first-order chi connectivity index (χ1) is 8.88. The van der Waals surface area contributed by atoms with E-state index in [9.17, 15) is 5.11 Å². The van der Waals surface area contributed by atoms with Gasteiger partial charge in [-0.2, -0.15) is 0 Å². The lowest BCUT2D eigenvalue weighted by Gasteiger charge is -2.40. The third kappa shape index (κ3) is 2.32. The molecule has 2 heteroatoms. The summed E-state index contributed by atoms with van der Waals surface area (Å²) >= 11 is 0. The number of likely N-dealkylation sites (tertiary alicyclic amines) is 1. The van der Waals surface area contributed by atoms with Crippen molar-refractivity contribution in [3.63, 3.8) is 0 Å². The average molecular weight is 245 g/mol. The third-order valence-corrected chi connectivity index (χ3v) is 4.69. The molecule has 2 aliphatic rings. The van der Waals surface area contributed by atoms with Gasteiger partial charge in [0, 0.05) is 12.6 Å². The van der Waals surface area contributed by atoms with Crippen molar-refractivity contribution in [2.24, 2.45) is 5.92 Å². The Hall–Kier alpha value is -0.860. The van der Waals surface area contributed by atoms with Crippen LogP contribution in [0.3, 0.4) is 0 Å². The van der Waals surface area contributed by atoms with Gasteiger partial charge in [-0.3, -0.25) is 4.90 Å².